The maximum atomic E-state index is 12.0. The van der Waals surface area contributed by atoms with Gasteiger partial charge in [0.15, 0.2) is 0 Å². The Kier molecular flexibility index (Phi) is 6.77. The van der Waals surface area contributed by atoms with Gasteiger partial charge in [0, 0.05) is 7.11 Å². The Morgan fingerprint density at radius 1 is 1.20 bits per heavy atom. The number of amides is 2. The van der Waals surface area contributed by atoms with E-state index in [1.54, 1.807) is 26.1 Å². The second kappa shape index (κ2) is 7.32. The predicted molar refractivity (Wildman–Crippen MR) is 64.1 cm³/mol. The van der Waals surface area contributed by atoms with Crippen LogP contribution in [0.25, 0.3) is 0 Å². The van der Waals surface area contributed by atoms with Crippen molar-refractivity contribution in [3.05, 3.63) is 0 Å². The average Bonchev–Trinajstić information content (AvgIpc) is 2.21. The molecule has 1 unspecified atom stereocenters. The highest BCUT2D eigenvalue weighted by molar-refractivity contribution is 5.85. The molecular weight excluding hydrogens is 281 g/mol. The van der Waals surface area contributed by atoms with E-state index in [9.17, 15) is 22.8 Å². The van der Waals surface area contributed by atoms with Gasteiger partial charge in [-0.05, 0) is 20.8 Å². The molecule has 0 aromatic rings. The minimum absolute atomic E-state index is 0.275. The number of halogens is 3. The number of nitrogens with one attached hydrogen (secondary N) is 2. The molecule has 0 aliphatic rings. The Hall–Kier alpha value is -1.51. The lowest BCUT2D eigenvalue weighted by Crippen LogP contribution is -2.51. The molecule has 0 bridgehead atoms. The number of alkyl carbamates (subject to hydrolysis) is 1. The largest absolute Gasteiger partial charge is 0.444 e. The first-order chi connectivity index (χ1) is 8.94. The van der Waals surface area contributed by atoms with Crippen molar-refractivity contribution in [2.75, 3.05) is 20.3 Å². The lowest BCUT2D eigenvalue weighted by atomic mass is 10.2. The summed E-state index contributed by atoms with van der Waals surface area (Å²) >= 11 is 0. The molecule has 0 saturated heterocycles. The number of rotatable bonds is 5. The highest BCUT2D eigenvalue weighted by Gasteiger charge is 2.30. The summed E-state index contributed by atoms with van der Waals surface area (Å²) in [5, 5.41) is 3.81. The van der Waals surface area contributed by atoms with Gasteiger partial charge < -0.3 is 20.1 Å². The smallest absolute Gasteiger partial charge is 0.408 e. The summed E-state index contributed by atoms with van der Waals surface area (Å²) in [6.45, 7) is 3.08. The first-order valence-electron chi connectivity index (χ1n) is 5.77. The summed E-state index contributed by atoms with van der Waals surface area (Å²) in [6, 6.07) is -1.27. The number of methoxy groups -OCH3 is 1. The topological polar surface area (TPSA) is 76.7 Å². The number of carbonyl (C=O) groups is 2. The fourth-order valence-corrected chi connectivity index (χ4v) is 1.11. The minimum Gasteiger partial charge on any atom is -0.444 e. The van der Waals surface area contributed by atoms with E-state index in [2.05, 4.69) is 10.1 Å². The van der Waals surface area contributed by atoms with E-state index in [0.717, 1.165) is 0 Å². The lowest BCUT2D eigenvalue weighted by molar-refractivity contribution is -0.140. The molecule has 2 N–H and O–H groups in total. The number of alkyl halides is 3. The Bertz CT molecular complexity index is 340. The fraction of sp³-hybridized carbons (Fsp3) is 0.818. The third-order valence-electron chi connectivity index (χ3n) is 1.80. The van der Waals surface area contributed by atoms with Crippen molar-refractivity contribution in [1.29, 1.82) is 0 Å². The Balaban J connectivity index is 4.48. The van der Waals surface area contributed by atoms with Gasteiger partial charge >= 0.3 is 12.3 Å². The predicted octanol–water partition coefficient (Wildman–Crippen LogP) is 1.20. The highest BCUT2D eigenvalue weighted by Crippen LogP contribution is 2.12. The van der Waals surface area contributed by atoms with Gasteiger partial charge in [-0.3, -0.25) is 4.79 Å². The molecule has 0 aromatic heterocycles. The Labute approximate surface area is 115 Å². The molecule has 0 rings (SSSR count). The number of carbonyl (C=O) groups excluding carboxylic acids is 2. The standard InChI is InChI=1S/C11H19F3N2O4/c1-10(2,3)20-9(18)16-7(5-19-4)8(17)15-6-11(12,13)14/h7H,5-6H2,1-4H3,(H,15,17)(H,16,18). The third-order valence-corrected chi connectivity index (χ3v) is 1.80. The van der Waals surface area contributed by atoms with Crippen LogP contribution < -0.4 is 10.6 Å². The first kappa shape index (κ1) is 18.5. The van der Waals surface area contributed by atoms with Crippen molar-refractivity contribution in [2.24, 2.45) is 0 Å². The molecule has 0 heterocycles. The van der Waals surface area contributed by atoms with Gasteiger partial charge in [-0.25, -0.2) is 4.79 Å². The van der Waals surface area contributed by atoms with E-state index in [1.165, 1.54) is 7.11 Å². The molecular formula is C11H19F3N2O4. The zero-order valence-electron chi connectivity index (χ0n) is 11.8. The molecule has 1 atom stereocenters. The van der Waals surface area contributed by atoms with E-state index >= 15 is 0 Å². The van der Waals surface area contributed by atoms with Gasteiger partial charge in [0.25, 0.3) is 0 Å². The fourth-order valence-electron chi connectivity index (χ4n) is 1.11. The van der Waals surface area contributed by atoms with Gasteiger partial charge in [0.2, 0.25) is 5.91 Å². The molecule has 118 valence electrons. The molecule has 0 radical (unpaired) electrons. The Morgan fingerprint density at radius 3 is 2.15 bits per heavy atom. The lowest BCUT2D eigenvalue weighted by Gasteiger charge is -2.23. The molecule has 0 aliphatic heterocycles. The van der Waals surface area contributed by atoms with Gasteiger partial charge in [-0.1, -0.05) is 0 Å². The van der Waals surface area contributed by atoms with Crippen molar-refractivity contribution in [3.63, 3.8) is 0 Å². The van der Waals surface area contributed by atoms with Crippen LogP contribution in [-0.4, -0.2) is 50.1 Å². The minimum atomic E-state index is -4.53. The molecule has 20 heavy (non-hydrogen) atoms. The molecule has 0 aromatic carbocycles. The monoisotopic (exact) mass is 300 g/mol. The van der Waals surface area contributed by atoms with Crippen molar-refractivity contribution in [2.45, 2.75) is 38.6 Å². The molecule has 2 amide bonds. The SMILES string of the molecule is COCC(NC(=O)OC(C)(C)C)C(=O)NCC(F)(F)F. The molecule has 0 aliphatic carbocycles. The first-order valence-corrected chi connectivity index (χ1v) is 5.77. The van der Waals surface area contributed by atoms with Crippen molar-refractivity contribution >= 4 is 12.0 Å². The second-order valence-corrected chi connectivity index (χ2v) is 4.99. The molecule has 6 nitrogen and oxygen atoms in total. The molecule has 0 fully saturated rings. The van der Waals surface area contributed by atoms with Crippen LogP contribution in [0.1, 0.15) is 20.8 Å². The number of hydrogen-bond donors (Lipinski definition) is 2. The van der Waals surface area contributed by atoms with Crippen LogP contribution in [0.3, 0.4) is 0 Å². The van der Waals surface area contributed by atoms with Crippen LogP contribution in [0.5, 0.6) is 0 Å². The van der Waals surface area contributed by atoms with Gasteiger partial charge in [0.05, 0.1) is 6.61 Å². The summed E-state index contributed by atoms with van der Waals surface area (Å²) in [5.74, 6) is -1.00. The van der Waals surface area contributed by atoms with Crippen molar-refractivity contribution in [3.8, 4) is 0 Å². The average molecular weight is 300 g/mol. The summed E-state index contributed by atoms with van der Waals surface area (Å²) in [7, 11) is 1.25. The van der Waals surface area contributed by atoms with E-state index in [1.807, 2.05) is 0 Å². The number of hydrogen-bond acceptors (Lipinski definition) is 4. The number of ether oxygens (including phenoxy) is 2. The summed E-state index contributed by atoms with van der Waals surface area (Å²) in [4.78, 5) is 23.0. The molecule has 0 spiro atoms. The van der Waals surface area contributed by atoms with Crippen LogP contribution in [0.2, 0.25) is 0 Å². The van der Waals surface area contributed by atoms with Gasteiger partial charge in [-0.2, -0.15) is 13.2 Å². The maximum absolute atomic E-state index is 12.0. The van der Waals surface area contributed by atoms with Crippen molar-refractivity contribution in [1.82, 2.24) is 10.6 Å². The molecule has 0 saturated carbocycles. The summed E-state index contributed by atoms with van der Waals surface area (Å²) < 4.78 is 45.6. The zero-order chi connectivity index (χ0) is 16.0. The van der Waals surface area contributed by atoms with E-state index in [4.69, 9.17) is 4.74 Å². The highest BCUT2D eigenvalue weighted by atomic mass is 19.4. The zero-order valence-corrected chi connectivity index (χ0v) is 11.8. The van der Waals surface area contributed by atoms with Crippen LogP contribution in [0, 0.1) is 0 Å². The Morgan fingerprint density at radius 2 is 1.75 bits per heavy atom. The summed E-state index contributed by atoms with van der Waals surface area (Å²) in [5.41, 5.74) is -0.788. The van der Waals surface area contributed by atoms with Crippen LogP contribution in [0.15, 0.2) is 0 Å². The van der Waals surface area contributed by atoms with E-state index in [0.29, 0.717) is 0 Å². The third kappa shape index (κ3) is 9.42. The normalized spacial score (nSPS) is 13.6. The summed E-state index contributed by atoms with van der Waals surface area (Å²) in [6.07, 6.45) is -5.44. The maximum Gasteiger partial charge on any atom is 0.408 e. The van der Waals surface area contributed by atoms with Crippen LogP contribution >= 0.6 is 0 Å². The van der Waals surface area contributed by atoms with E-state index < -0.39 is 36.4 Å². The van der Waals surface area contributed by atoms with Crippen LogP contribution in [0.4, 0.5) is 18.0 Å². The quantitative estimate of drug-likeness (QED) is 0.800. The van der Waals surface area contributed by atoms with Crippen molar-refractivity contribution < 1.29 is 32.2 Å². The molecule has 9 heteroatoms. The van der Waals surface area contributed by atoms with Gasteiger partial charge in [0.1, 0.15) is 18.2 Å². The van der Waals surface area contributed by atoms with Gasteiger partial charge in [-0.15, -0.1) is 0 Å². The van der Waals surface area contributed by atoms with Crippen LogP contribution in [-0.2, 0) is 14.3 Å². The van der Waals surface area contributed by atoms with E-state index in [-0.39, 0.29) is 6.61 Å². The second-order valence-electron chi connectivity index (χ2n) is 4.99.